The van der Waals surface area contributed by atoms with E-state index in [1.165, 1.54) is 18.6 Å². The average Bonchev–Trinajstić information content (AvgIpc) is 2.44. The quantitative estimate of drug-likeness (QED) is 0.813. The Hall–Kier alpha value is -0.490. The lowest BCUT2D eigenvalue weighted by Crippen LogP contribution is -2.33. The second-order valence-electron chi connectivity index (χ2n) is 5.65. The van der Waals surface area contributed by atoms with Crippen molar-refractivity contribution in [3.63, 3.8) is 0 Å². The Morgan fingerprint density at radius 1 is 1.29 bits per heavy atom. The van der Waals surface area contributed by atoms with Crippen LogP contribution in [-0.4, -0.2) is 15.0 Å². The highest BCUT2D eigenvalue weighted by Crippen LogP contribution is 2.33. The standard InChI is InChI=1S/C14H20Cl2N2O2S/c1-9-4-2-3-5-10(9)8-18-21(19,20)12-7-6-11(15)14(17)13(12)16/h6-7,9-10,18H,2-5,8,17H2,1H3. The predicted molar refractivity (Wildman–Crippen MR) is 87.2 cm³/mol. The van der Waals surface area contributed by atoms with Gasteiger partial charge in [0.1, 0.15) is 4.90 Å². The maximum absolute atomic E-state index is 12.4. The third-order valence-electron chi connectivity index (χ3n) is 4.21. The normalized spacial score (nSPS) is 23.2. The largest absolute Gasteiger partial charge is 0.396 e. The van der Waals surface area contributed by atoms with E-state index >= 15 is 0 Å². The van der Waals surface area contributed by atoms with Gasteiger partial charge in [0.25, 0.3) is 0 Å². The first-order chi connectivity index (χ1) is 9.83. The Balaban J connectivity index is 2.13. The Labute approximate surface area is 136 Å². The number of nitrogens with two attached hydrogens (primary N) is 1. The maximum atomic E-state index is 12.4. The van der Waals surface area contributed by atoms with Crippen LogP contribution in [0.5, 0.6) is 0 Å². The monoisotopic (exact) mass is 350 g/mol. The zero-order valence-electron chi connectivity index (χ0n) is 11.9. The maximum Gasteiger partial charge on any atom is 0.242 e. The van der Waals surface area contributed by atoms with E-state index in [4.69, 9.17) is 28.9 Å². The van der Waals surface area contributed by atoms with Crippen molar-refractivity contribution < 1.29 is 8.42 Å². The van der Waals surface area contributed by atoms with Gasteiger partial charge in [-0.1, -0.05) is 49.4 Å². The van der Waals surface area contributed by atoms with E-state index in [-0.39, 0.29) is 20.6 Å². The summed E-state index contributed by atoms with van der Waals surface area (Å²) in [5.74, 6) is 0.907. The summed E-state index contributed by atoms with van der Waals surface area (Å²) in [4.78, 5) is -0.0190. The van der Waals surface area contributed by atoms with Gasteiger partial charge in [-0.25, -0.2) is 13.1 Å². The van der Waals surface area contributed by atoms with Gasteiger partial charge in [0.2, 0.25) is 10.0 Å². The molecule has 7 heteroatoms. The molecule has 2 atom stereocenters. The molecule has 0 heterocycles. The number of benzene rings is 1. The smallest absolute Gasteiger partial charge is 0.242 e. The molecule has 0 aromatic heterocycles. The number of anilines is 1. The number of hydrogen-bond acceptors (Lipinski definition) is 3. The van der Waals surface area contributed by atoms with Crippen molar-refractivity contribution in [3.8, 4) is 0 Å². The first kappa shape index (κ1) is 16.9. The molecule has 0 spiro atoms. The van der Waals surface area contributed by atoms with Crippen LogP contribution in [-0.2, 0) is 10.0 Å². The summed E-state index contributed by atoms with van der Waals surface area (Å²) in [6, 6.07) is 2.83. The van der Waals surface area contributed by atoms with Gasteiger partial charge in [0, 0.05) is 6.54 Å². The molecule has 0 aliphatic heterocycles. The molecular weight excluding hydrogens is 331 g/mol. The fourth-order valence-electron chi connectivity index (χ4n) is 2.75. The van der Waals surface area contributed by atoms with E-state index in [0.717, 1.165) is 19.3 Å². The minimum atomic E-state index is -3.67. The van der Waals surface area contributed by atoms with Crippen molar-refractivity contribution in [2.75, 3.05) is 12.3 Å². The lowest BCUT2D eigenvalue weighted by molar-refractivity contribution is 0.257. The molecule has 0 radical (unpaired) electrons. The predicted octanol–water partition coefficient (Wildman–Crippen LogP) is 3.68. The molecular formula is C14H20Cl2N2O2S. The van der Waals surface area contributed by atoms with Crippen LogP contribution in [0, 0.1) is 11.8 Å². The van der Waals surface area contributed by atoms with Gasteiger partial charge in [-0.15, -0.1) is 0 Å². The van der Waals surface area contributed by atoms with Crippen molar-refractivity contribution in [3.05, 3.63) is 22.2 Å². The van der Waals surface area contributed by atoms with Crippen LogP contribution < -0.4 is 10.5 Å². The number of sulfonamides is 1. The molecule has 118 valence electrons. The first-order valence-corrected chi connectivity index (χ1v) is 9.30. The van der Waals surface area contributed by atoms with Crippen molar-refractivity contribution >= 4 is 38.9 Å². The second kappa shape index (κ2) is 6.73. The summed E-state index contributed by atoms with van der Waals surface area (Å²) in [5.41, 5.74) is 5.77. The highest BCUT2D eigenvalue weighted by Gasteiger charge is 2.25. The Morgan fingerprint density at radius 3 is 2.62 bits per heavy atom. The molecule has 3 N–H and O–H groups in total. The number of halogens is 2. The van der Waals surface area contributed by atoms with Crippen LogP contribution in [0.15, 0.2) is 17.0 Å². The van der Waals surface area contributed by atoms with E-state index in [9.17, 15) is 8.42 Å². The van der Waals surface area contributed by atoms with Crippen LogP contribution >= 0.6 is 23.2 Å². The van der Waals surface area contributed by atoms with Crippen LogP contribution in [0.4, 0.5) is 5.69 Å². The third kappa shape index (κ3) is 3.83. The molecule has 1 saturated carbocycles. The first-order valence-electron chi connectivity index (χ1n) is 7.06. The summed E-state index contributed by atoms with van der Waals surface area (Å²) < 4.78 is 27.4. The van der Waals surface area contributed by atoms with Crippen LogP contribution in [0.1, 0.15) is 32.6 Å². The van der Waals surface area contributed by atoms with Gasteiger partial charge in [0.15, 0.2) is 0 Å². The minimum absolute atomic E-state index is 0.0190. The number of nitrogen functional groups attached to an aromatic ring is 1. The highest BCUT2D eigenvalue weighted by atomic mass is 35.5. The molecule has 1 aliphatic rings. The molecule has 2 rings (SSSR count). The van der Waals surface area contributed by atoms with Crippen molar-refractivity contribution in [2.45, 2.75) is 37.5 Å². The fraction of sp³-hybridized carbons (Fsp3) is 0.571. The van der Waals surface area contributed by atoms with Gasteiger partial charge in [-0.05, 0) is 30.4 Å². The SMILES string of the molecule is CC1CCCCC1CNS(=O)(=O)c1ccc(Cl)c(N)c1Cl. The van der Waals surface area contributed by atoms with Gasteiger partial charge in [0.05, 0.1) is 15.7 Å². The summed E-state index contributed by atoms with van der Waals surface area (Å²) in [6.45, 7) is 2.60. The molecule has 0 amide bonds. The summed E-state index contributed by atoms with van der Waals surface area (Å²) in [5, 5.41) is 0.228. The number of rotatable bonds is 4. The number of nitrogens with one attached hydrogen (secondary N) is 1. The van der Waals surface area contributed by atoms with Crippen molar-refractivity contribution in [1.29, 1.82) is 0 Å². The summed E-state index contributed by atoms with van der Waals surface area (Å²) in [7, 11) is -3.67. The zero-order chi connectivity index (χ0) is 15.6. The van der Waals surface area contributed by atoms with Crippen molar-refractivity contribution in [1.82, 2.24) is 4.72 Å². The minimum Gasteiger partial charge on any atom is -0.396 e. The second-order valence-corrected chi connectivity index (χ2v) is 8.17. The molecule has 1 aliphatic carbocycles. The molecule has 4 nitrogen and oxygen atoms in total. The molecule has 21 heavy (non-hydrogen) atoms. The Morgan fingerprint density at radius 2 is 1.95 bits per heavy atom. The van der Waals surface area contributed by atoms with E-state index in [1.54, 1.807) is 0 Å². The van der Waals surface area contributed by atoms with E-state index in [2.05, 4.69) is 11.6 Å². The van der Waals surface area contributed by atoms with Gasteiger partial charge in [-0.3, -0.25) is 0 Å². The van der Waals surface area contributed by atoms with Gasteiger partial charge in [-0.2, -0.15) is 0 Å². The van der Waals surface area contributed by atoms with Gasteiger partial charge < -0.3 is 5.73 Å². The molecule has 1 aromatic carbocycles. The zero-order valence-corrected chi connectivity index (χ0v) is 14.2. The summed E-state index contributed by atoms with van der Waals surface area (Å²) in [6.07, 6.45) is 4.59. The Kier molecular flexibility index (Phi) is 5.41. The lowest BCUT2D eigenvalue weighted by atomic mass is 9.81. The number of hydrogen-bond donors (Lipinski definition) is 2. The highest BCUT2D eigenvalue weighted by molar-refractivity contribution is 7.89. The molecule has 1 aromatic rings. The lowest BCUT2D eigenvalue weighted by Gasteiger charge is -2.28. The topological polar surface area (TPSA) is 72.2 Å². The molecule has 1 fully saturated rings. The third-order valence-corrected chi connectivity index (χ3v) is 6.52. The van der Waals surface area contributed by atoms with Crippen LogP contribution in [0.3, 0.4) is 0 Å². The molecule has 0 bridgehead atoms. The molecule has 2 unspecified atom stereocenters. The van der Waals surface area contributed by atoms with E-state index < -0.39 is 10.0 Å². The van der Waals surface area contributed by atoms with E-state index in [1.807, 2.05) is 0 Å². The average molecular weight is 351 g/mol. The van der Waals surface area contributed by atoms with Crippen molar-refractivity contribution in [2.24, 2.45) is 11.8 Å². The van der Waals surface area contributed by atoms with Crippen LogP contribution in [0.25, 0.3) is 0 Å². The Bertz CT molecular complexity index is 620. The molecule has 0 saturated heterocycles. The van der Waals surface area contributed by atoms with Crippen LogP contribution in [0.2, 0.25) is 10.0 Å². The summed E-state index contributed by atoms with van der Waals surface area (Å²) >= 11 is 11.8. The fourth-order valence-corrected chi connectivity index (χ4v) is 4.61. The van der Waals surface area contributed by atoms with E-state index in [0.29, 0.717) is 18.4 Å². The van der Waals surface area contributed by atoms with Gasteiger partial charge >= 0.3 is 0 Å².